The first-order valence-electron chi connectivity index (χ1n) is 8.53. The maximum Gasteiger partial charge on any atom is 0.251 e. The third kappa shape index (κ3) is 6.40. The van der Waals surface area contributed by atoms with E-state index in [0.29, 0.717) is 17.8 Å². The highest BCUT2D eigenvalue weighted by Crippen LogP contribution is 2.11. The number of carbonyl (C=O) groups is 2. The Morgan fingerprint density at radius 3 is 2.57 bits per heavy atom. The molecule has 1 aliphatic rings. The van der Waals surface area contributed by atoms with E-state index in [1.807, 2.05) is 0 Å². The van der Waals surface area contributed by atoms with Crippen LogP contribution in [-0.2, 0) is 4.79 Å². The number of nitrogens with zero attached hydrogens (tertiary/aromatic N) is 1. The second-order valence-electron chi connectivity index (χ2n) is 6.13. The quantitative estimate of drug-likeness (QED) is 0.793. The second kappa shape index (κ2) is 9.30. The molecule has 1 saturated heterocycles. The van der Waals surface area contributed by atoms with Crippen molar-refractivity contribution in [2.24, 2.45) is 0 Å². The van der Waals surface area contributed by atoms with Gasteiger partial charge >= 0.3 is 0 Å². The molecule has 0 saturated carbocycles. The molecule has 1 fully saturated rings. The van der Waals surface area contributed by atoms with Crippen molar-refractivity contribution in [1.82, 2.24) is 10.2 Å². The van der Waals surface area contributed by atoms with E-state index < -0.39 is 0 Å². The first-order valence-corrected chi connectivity index (χ1v) is 8.53. The molecule has 5 heteroatoms. The highest BCUT2D eigenvalue weighted by molar-refractivity contribution is 5.96. The predicted molar refractivity (Wildman–Crippen MR) is 92.6 cm³/mol. The molecule has 0 aliphatic carbocycles. The van der Waals surface area contributed by atoms with Crippen LogP contribution in [0.15, 0.2) is 24.3 Å². The van der Waals surface area contributed by atoms with Crippen LogP contribution in [-0.4, -0.2) is 42.9 Å². The Kier molecular flexibility index (Phi) is 7.07. The van der Waals surface area contributed by atoms with E-state index in [2.05, 4.69) is 15.5 Å². The molecule has 0 unspecified atom stereocenters. The maximum atomic E-state index is 12.2. The smallest absolute Gasteiger partial charge is 0.251 e. The van der Waals surface area contributed by atoms with E-state index >= 15 is 0 Å². The van der Waals surface area contributed by atoms with Gasteiger partial charge in [-0.05, 0) is 57.1 Å². The molecule has 2 N–H and O–H groups in total. The third-order valence-electron chi connectivity index (χ3n) is 4.08. The Balaban J connectivity index is 1.72. The summed E-state index contributed by atoms with van der Waals surface area (Å²) >= 11 is 0. The zero-order valence-corrected chi connectivity index (χ0v) is 13.9. The van der Waals surface area contributed by atoms with Crippen molar-refractivity contribution < 1.29 is 9.59 Å². The van der Waals surface area contributed by atoms with Gasteiger partial charge < -0.3 is 15.5 Å². The van der Waals surface area contributed by atoms with Gasteiger partial charge in [0.2, 0.25) is 5.91 Å². The third-order valence-corrected chi connectivity index (χ3v) is 4.08. The summed E-state index contributed by atoms with van der Waals surface area (Å²) in [4.78, 5) is 25.7. The van der Waals surface area contributed by atoms with Crippen LogP contribution in [0.4, 0.5) is 5.69 Å². The summed E-state index contributed by atoms with van der Waals surface area (Å²) in [7, 11) is 0. The van der Waals surface area contributed by atoms with Crippen LogP contribution >= 0.6 is 0 Å². The van der Waals surface area contributed by atoms with Gasteiger partial charge in [-0.1, -0.05) is 18.9 Å². The van der Waals surface area contributed by atoms with Gasteiger partial charge in [0.05, 0.1) is 0 Å². The van der Waals surface area contributed by atoms with Crippen molar-refractivity contribution in [2.45, 2.75) is 39.0 Å². The molecule has 1 aromatic carbocycles. The first-order chi connectivity index (χ1) is 11.1. The highest BCUT2D eigenvalue weighted by Gasteiger charge is 2.09. The summed E-state index contributed by atoms with van der Waals surface area (Å²) in [6, 6.07) is 7.01. The van der Waals surface area contributed by atoms with Crippen LogP contribution < -0.4 is 10.6 Å². The topological polar surface area (TPSA) is 61.4 Å². The largest absolute Gasteiger partial charge is 0.352 e. The van der Waals surface area contributed by atoms with Crippen molar-refractivity contribution in [3.8, 4) is 0 Å². The molecule has 1 heterocycles. The van der Waals surface area contributed by atoms with Gasteiger partial charge in [-0.15, -0.1) is 0 Å². The van der Waals surface area contributed by atoms with Gasteiger partial charge in [0.1, 0.15) is 0 Å². The van der Waals surface area contributed by atoms with Crippen LogP contribution in [0.5, 0.6) is 0 Å². The molecule has 1 aliphatic heterocycles. The van der Waals surface area contributed by atoms with Crippen molar-refractivity contribution in [3.05, 3.63) is 29.8 Å². The highest BCUT2D eigenvalue weighted by atomic mass is 16.2. The molecule has 0 atom stereocenters. The molecule has 0 aromatic heterocycles. The lowest BCUT2D eigenvalue weighted by atomic mass is 10.2. The molecule has 0 spiro atoms. The lowest BCUT2D eigenvalue weighted by Crippen LogP contribution is -2.30. The summed E-state index contributed by atoms with van der Waals surface area (Å²) < 4.78 is 0. The average molecular weight is 317 g/mol. The van der Waals surface area contributed by atoms with Crippen molar-refractivity contribution >= 4 is 17.5 Å². The Bertz CT molecular complexity index is 523. The van der Waals surface area contributed by atoms with E-state index in [4.69, 9.17) is 0 Å². The normalized spacial score (nSPS) is 15.7. The van der Waals surface area contributed by atoms with E-state index in [0.717, 1.165) is 13.0 Å². The number of anilines is 1. The number of benzene rings is 1. The first kappa shape index (κ1) is 17.5. The van der Waals surface area contributed by atoms with E-state index in [-0.39, 0.29) is 11.8 Å². The number of hydrogen-bond donors (Lipinski definition) is 2. The van der Waals surface area contributed by atoms with E-state index in [1.165, 1.54) is 45.7 Å². The fourth-order valence-corrected chi connectivity index (χ4v) is 2.91. The zero-order valence-electron chi connectivity index (χ0n) is 13.9. The predicted octanol–water partition coefficient (Wildman–Crippen LogP) is 2.64. The summed E-state index contributed by atoms with van der Waals surface area (Å²) in [5.41, 5.74) is 1.22. The van der Waals surface area contributed by atoms with Gasteiger partial charge in [-0.2, -0.15) is 0 Å². The molecule has 23 heavy (non-hydrogen) atoms. The van der Waals surface area contributed by atoms with Crippen molar-refractivity contribution in [1.29, 1.82) is 0 Å². The number of rotatable bonds is 6. The van der Waals surface area contributed by atoms with Crippen molar-refractivity contribution in [3.63, 3.8) is 0 Å². The molecule has 0 radical (unpaired) electrons. The van der Waals surface area contributed by atoms with E-state index in [1.54, 1.807) is 24.3 Å². The maximum absolute atomic E-state index is 12.2. The Morgan fingerprint density at radius 1 is 1.13 bits per heavy atom. The molecule has 2 amide bonds. The van der Waals surface area contributed by atoms with Gasteiger partial charge in [0, 0.05) is 24.7 Å². The van der Waals surface area contributed by atoms with Crippen LogP contribution in [0.2, 0.25) is 0 Å². The number of hydrogen-bond acceptors (Lipinski definition) is 3. The minimum Gasteiger partial charge on any atom is -0.352 e. The Hall–Kier alpha value is -1.88. The number of amides is 2. The van der Waals surface area contributed by atoms with Gasteiger partial charge in [-0.3, -0.25) is 9.59 Å². The number of nitrogens with one attached hydrogen (secondary N) is 2. The molecular weight excluding hydrogens is 290 g/mol. The standard InChI is InChI=1S/C18H27N3O2/c1-15(22)20-17-9-6-8-16(14-17)18(23)19-10-7-13-21-11-4-2-3-5-12-21/h6,8-9,14H,2-5,7,10-13H2,1H3,(H,19,23)(H,20,22). The van der Waals surface area contributed by atoms with Gasteiger partial charge in [0.15, 0.2) is 0 Å². The lowest BCUT2D eigenvalue weighted by molar-refractivity contribution is -0.114. The number of likely N-dealkylation sites (tertiary alicyclic amines) is 1. The monoisotopic (exact) mass is 317 g/mol. The van der Waals surface area contributed by atoms with Crippen LogP contribution in [0.1, 0.15) is 49.4 Å². The summed E-state index contributed by atoms with van der Waals surface area (Å²) in [5, 5.41) is 5.65. The van der Waals surface area contributed by atoms with Gasteiger partial charge in [-0.25, -0.2) is 0 Å². The Labute approximate surface area is 138 Å². The summed E-state index contributed by atoms with van der Waals surface area (Å²) in [5.74, 6) is -0.229. The molecular formula is C18H27N3O2. The SMILES string of the molecule is CC(=O)Nc1cccc(C(=O)NCCCN2CCCCCC2)c1. The van der Waals surface area contributed by atoms with Crippen molar-refractivity contribution in [2.75, 3.05) is 31.5 Å². The van der Waals surface area contributed by atoms with Crippen LogP contribution in [0, 0.1) is 0 Å². The molecule has 126 valence electrons. The zero-order chi connectivity index (χ0) is 16.5. The molecule has 1 aromatic rings. The lowest BCUT2D eigenvalue weighted by Gasteiger charge is -2.19. The second-order valence-corrected chi connectivity index (χ2v) is 6.13. The summed E-state index contributed by atoms with van der Waals surface area (Å²) in [6.45, 7) is 5.56. The van der Waals surface area contributed by atoms with E-state index in [9.17, 15) is 9.59 Å². The average Bonchev–Trinajstić information content (AvgIpc) is 2.79. The Morgan fingerprint density at radius 2 is 1.87 bits per heavy atom. The number of carbonyl (C=O) groups excluding carboxylic acids is 2. The minimum atomic E-state index is -0.139. The molecule has 0 bridgehead atoms. The minimum absolute atomic E-state index is 0.0898. The van der Waals surface area contributed by atoms with Crippen LogP contribution in [0.25, 0.3) is 0 Å². The fraction of sp³-hybridized carbons (Fsp3) is 0.556. The summed E-state index contributed by atoms with van der Waals surface area (Å²) in [6.07, 6.45) is 6.25. The van der Waals surface area contributed by atoms with Crippen LogP contribution in [0.3, 0.4) is 0 Å². The van der Waals surface area contributed by atoms with Gasteiger partial charge in [0.25, 0.3) is 5.91 Å². The fourth-order valence-electron chi connectivity index (χ4n) is 2.91. The molecule has 5 nitrogen and oxygen atoms in total. The molecule has 2 rings (SSSR count).